The summed E-state index contributed by atoms with van der Waals surface area (Å²) in [7, 11) is 0. The fourth-order valence-electron chi connectivity index (χ4n) is 4.18. The van der Waals surface area contributed by atoms with Gasteiger partial charge < -0.3 is 5.32 Å². The summed E-state index contributed by atoms with van der Waals surface area (Å²) in [6, 6.07) is 2.08. The summed E-state index contributed by atoms with van der Waals surface area (Å²) in [5.74, 6) is 0.465. The molecule has 3 nitrogen and oxygen atoms in total. The minimum atomic E-state index is -0.0245. The molecule has 0 aliphatic carbocycles. The standard InChI is InChI=1S/C26H42N2OS3/c1-6-8-10-12-14-20-16-17-21(15-13-11-9-7-2)32-24(20)25(29)28-23-22(30-4)18-19(3)27-26(23)31-5/h16-18,20-21,24H,6-15H2,1-5H3,(H,28,29). The fraction of sp³-hybridized carbons (Fsp3) is 0.692. The van der Waals surface area contributed by atoms with Gasteiger partial charge in [-0.05, 0) is 44.3 Å². The van der Waals surface area contributed by atoms with Crippen LogP contribution in [-0.2, 0) is 4.79 Å². The first kappa shape index (κ1) is 27.7. The number of hydrogen-bond donors (Lipinski definition) is 1. The van der Waals surface area contributed by atoms with E-state index in [9.17, 15) is 4.79 Å². The van der Waals surface area contributed by atoms with Gasteiger partial charge in [0.15, 0.2) is 0 Å². The molecule has 6 heteroatoms. The van der Waals surface area contributed by atoms with Gasteiger partial charge in [-0.3, -0.25) is 4.79 Å². The van der Waals surface area contributed by atoms with Gasteiger partial charge in [0.25, 0.3) is 0 Å². The van der Waals surface area contributed by atoms with E-state index >= 15 is 0 Å². The summed E-state index contributed by atoms with van der Waals surface area (Å²) in [5, 5.41) is 4.65. The van der Waals surface area contributed by atoms with Crippen LogP contribution in [0.2, 0.25) is 0 Å². The van der Waals surface area contributed by atoms with Gasteiger partial charge in [-0.1, -0.05) is 77.4 Å². The lowest BCUT2D eigenvalue weighted by atomic mass is 9.94. The van der Waals surface area contributed by atoms with Gasteiger partial charge in [-0.25, -0.2) is 4.98 Å². The Balaban J connectivity index is 2.15. The molecule has 0 fully saturated rings. The molecule has 0 spiro atoms. The molecule has 3 unspecified atom stereocenters. The summed E-state index contributed by atoms with van der Waals surface area (Å²) < 4.78 is 0. The normalized spacial score (nSPS) is 20.5. The zero-order chi connectivity index (χ0) is 23.3. The Kier molecular flexibility index (Phi) is 13.3. The van der Waals surface area contributed by atoms with E-state index in [0.29, 0.717) is 11.2 Å². The SMILES string of the molecule is CCCCCCC1C=CC(CCCCCC)C(C(=O)Nc2c(SC)cc(C)nc2SC)S1. The number of carbonyl (C=O) groups excluding carboxylic acids is 1. The smallest absolute Gasteiger partial charge is 0.238 e. The lowest BCUT2D eigenvalue weighted by Gasteiger charge is -2.31. The van der Waals surface area contributed by atoms with Crippen LogP contribution >= 0.6 is 35.3 Å². The van der Waals surface area contributed by atoms with Crippen molar-refractivity contribution in [3.8, 4) is 0 Å². The Morgan fingerprint density at radius 2 is 1.69 bits per heavy atom. The number of nitrogens with one attached hydrogen (secondary N) is 1. The van der Waals surface area contributed by atoms with Crippen molar-refractivity contribution in [1.82, 2.24) is 4.98 Å². The topological polar surface area (TPSA) is 42.0 Å². The molecule has 1 amide bonds. The first-order chi connectivity index (χ1) is 15.5. The van der Waals surface area contributed by atoms with Crippen molar-refractivity contribution >= 4 is 46.9 Å². The van der Waals surface area contributed by atoms with Crippen molar-refractivity contribution in [3.63, 3.8) is 0 Å². The fourth-order valence-corrected chi connectivity index (χ4v) is 6.96. The van der Waals surface area contributed by atoms with Crippen molar-refractivity contribution in [1.29, 1.82) is 0 Å². The molecule has 1 aliphatic heterocycles. The Hall–Kier alpha value is -0.590. The lowest BCUT2D eigenvalue weighted by molar-refractivity contribution is -0.116. The van der Waals surface area contributed by atoms with Crippen LogP contribution in [0.5, 0.6) is 0 Å². The molecule has 0 radical (unpaired) electrons. The van der Waals surface area contributed by atoms with E-state index in [1.54, 1.807) is 23.5 Å². The molecule has 32 heavy (non-hydrogen) atoms. The van der Waals surface area contributed by atoms with Gasteiger partial charge in [0.05, 0.1) is 10.9 Å². The minimum Gasteiger partial charge on any atom is -0.322 e. The number of carbonyl (C=O) groups is 1. The number of allylic oxidation sites excluding steroid dienone is 1. The first-order valence-electron chi connectivity index (χ1n) is 12.3. The molecular weight excluding hydrogens is 453 g/mol. The van der Waals surface area contributed by atoms with E-state index in [2.05, 4.69) is 48.6 Å². The van der Waals surface area contributed by atoms with Crippen LogP contribution in [0.3, 0.4) is 0 Å². The third-order valence-corrected chi connectivity index (χ3v) is 9.06. The Bertz CT molecular complexity index is 713. The summed E-state index contributed by atoms with van der Waals surface area (Å²) in [6.07, 6.45) is 21.2. The predicted molar refractivity (Wildman–Crippen MR) is 146 cm³/mol. The third kappa shape index (κ3) is 8.64. The van der Waals surface area contributed by atoms with E-state index in [1.807, 2.05) is 24.9 Å². The number of pyridine rings is 1. The molecule has 2 rings (SSSR count). The van der Waals surface area contributed by atoms with Crippen molar-refractivity contribution in [3.05, 3.63) is 23.9 Å². The molecule has 1 aliphatic rings. The quantitative estimate of drug-likeness (QED) is 0.160. The van der Waals surface area contributed by atoms with E-state index in [0.717, 1.165) is 27.7 Å². The van der Waals surface area contributed by atoms with Crippen LogP contribution in [-0.4, -0.2) is 33.9 Å². The van der Waals surface area contributed by atoms with Crippen LogP contribution < -0.4 is 5.32 Å². The second-order valence-electron chi connectivity index (χ2n) is 8.68. The van der Waals surface area contributed by atoms with Gasteiger partial charge in [-0.15, -0.1) is 35.3 Å². The average Bonchev–Trinajstić information content (AvgIpc) is 2.80. The number of nitrogens with zero attached hydrogens (tertiary/aromatic N) is 1. The van der Waals surface area contributed by atoms with Crippen molar-refractivity contribution in [2.75, 3.05) is 17.8 Å². The number of unbranched alkanes of at least 4 members (excludes halogenated alkanes) is 6. The minimum absolute atomic E-state index is 0.0245. The van der Waals surface area contributed by atoms with Crippen LogP contribution in [0.4, 0.5) is 5.69 Å². The maximum atomic E-state index is 13.6. The molecule has 0 saturated carbocycles. The highest BCUT2D eigenvalue weighted by atomic mass is 32.2. The average molecular weight is 495 g/mol. The van der Waals surface area contributed by atoms with E-state index < -0.39 is 0 Å². The van der Waals surface area contributed by atoms with E-state index in [4.69, 9.17) is 0 Å². The number of hydrogen-bond acceptors (Lipinski definition) is 5. The lowest BCUT2D eigenvalue weighted by Crippen LogP contribution is -2.35. The number of anilines is 1. The zero-order valence-corrected chi connectivity index (χ0v) is 23.1. The highest BCUT2D eigenvalue weighted by Crippen LogP contribution is 2.39. The van der Waals surface area contributed by atoms with Crippen LogP contribution in [0.1, 0.15) is 83.7 Å². The Morgan fingerprint density at radius 3 is 2.31 bits per heavy atom. The number of rotatable bonds is 14. The zero-order valence-electron chi connectivity index (χ0n) is 20.6. The molecule has 3 atom stereocenters. The highest BCUT2D eigenvalue weighted by molar-refractivity contribution is 8.01. The number of thioether (sulfide) groups is 3. The second-order valence-corrected chi connectivity index (χ2v) is 11.7. The van der Waals surface area contributed by atoms with Crippen molar-refractivity contribution in [2.24, 2.45) is 5.92 Å². The predicted octanol–water partition coefficient (Wildman–Crippen LogP) is 8.37. The van der Waals surface area contributed by atoms with Crippen LogP contribution in [0.25, 0.3) is 0 Å². The van der Waals surface area contributed by atoms with Gasteiger partial charge >= 0.3 is 0 Å². The Morgan fingerprint density at radius 1 is 1.00 bits per heavy atom. The highest BCUT2D eigenvalue weighted by Gasteiger charge is 2.33. The molecule has 0 saturated heterocycles. The van der Waals surface area contributed by atoms with Gasteiger partial charge in [0.2, 0.25) is 5.91 Å². The van der Waals surface area contributed by atoms with Crippen molar-refractivity contribution in [2.45, 2.75) is 105 Å². The number of aromatic nitrogens is 1. The molecule has 0 bridgehead atoms. The molecule has 2 heterocycles. The van der Waals surface area contributed by atoms with Crippen LogP contribution in [0, 0.1) is 12.8 Å². The van der Waals surface area contributed by atoms with E-state index in [-0.39, 0.29) is 11.2 Å². The van der Waals surface area contributed by atoms with E-state index in [1.165, 1.54) is 57.8 Å². The number of amides is 1. The Labute approximate surface area is 209 Å². The molecule has 180 valence electrons. The molecule has 1 N–H and O–H groups in total. The summed E-state index contributed by atoms with van der Waals surface area (Å²) in [4.78, 5) is 19.4. The molecule has 0 aromatic carbocycles. The molecular formula is C26H42N2OS3. The molecule has 1 aromatic rings. The monoisotopic (exact) mass is 494 g/mol. The number of aryl methyl sites for hydroxylation is 1. The second kappa shape index (κ2) is 15.3. The summed E-state index contributed by atoms with van der Waals surface area (Å²) in [6.45, 7) is 6.52. The van der Waals surface area contributed by atoms with Crippen LogP contribution in [0.15, 0.2) is 28.1 Å². The maximum absolute atomic E-state index is 13.6. The largest absolute Gasteiger partial charge is 0.322 e. The van der Waals surface area contributed by atoms with Gasteiger partial charge in [0.1, 0.15) is 5.03 Å². The summed E-state index contributed by atoms with van der Waals surface area (Å²) >= 11 is 5.17. The molecule has 1 aromatic heterocycles. The summed E-state index contributed by atoms with van der Waals surface area (Å²) in [5.41, 5.74) is 1.88. The maximum Gasteiger partial charge on any atom is 0.238 e. The third-order valence-electron chi connectivity index (χ3n) is 6.01. The van der Waals surface area contributed by atoms with Crippen molar-refractivity contribution < 1.29 is 4.79 Å². The van der Waals surface area contributed by atoms with Gasteiger partial charge in [0, 0.05) is 15.8 Å². The van der Waals surface area contributed by atoms with Gasteiger partial charge in [-0.2, -0.15) is 0 Å². The first-order valence-corrected chi connectivity index (χ1v) is 15.7.